The van der Waals surface area contributed by atoms with Crippen molar-refractivity contribution in [3.63, 3.8) is 0 Å². The van der Waals surface area contributed by atoms with E-state index in [9.17, 15) is 23.1 Å². The Morgan fingerprint density at radius 1 is 1.30 bits per heavy atom. The van der Waals surface area contributed by atoms with Crippen LogP contribution in [0.25, 0.3) is 5.69 Å². The molecule has 0 bridgehead atoms. The van der Waals surface area contributed by atoms with E-state index in [2.05, 4.69) is 0 Å². The second-order valence-corrected chi connectivity index (χ2v) is 5.65. The summed E-state index contributed by atoms with van der Waals surface area (Å²) in [5.41, 5.74) is -1.60. The molecule has 106 valence electrons. The van der Waals surface area contributed by atoms with E-state index in [4.69, 9.17) is 5.14 Å². The summed E-state index contributed by atoms with van der Waals surface area (Å²) in [6.07, 6.45) is 0. The highest BCUT2D eigenvalue weighted by Crippen LogP contribution is 2.18. The van der Waals surface area contributed by atoms with Crippen LogP contribution in [-0.4, -0.2) is 23.1 Å². The Bertz CT molecular complexity index is 895. The van der Waals surface area contributed by atoms with E-state index in [-0.39, 0.29) is 16.1 Å². The minimum atomic E-state index is -3.95. The molecule has 2 aromatic rings. The summed E-state index contributed by atoms with van der Waals surface area (Å²) >= 11 is 0. The molecule has 1 aromatic carbocycles. The van der Waals surface area contributed by atoms with Crippen LogP contribution in [0.15, 0.2) is 38.8 Å². The molecule has 0 amide bonds. The molecule has 8 nitrogen and oxygen atoms in total. The standard InChI is InChI=1S/C11H11N3O5S/c1-6-9(15)13-11(17)14(10(6)16)7-3-2-4-8(5-7)20(12,18)19/h2-5,16H,1H3,(H2,12,18,19)(H,13,15,17). The highest BCUT2D eigenvalue weighted by atomic mass is 32.2. The average Bonchev–Trinajstić information content (AvgIpc) is 2.35. The van der Waals surface area contributed by atoms with Crippen LogP contribution in [0.1, 0.15) is 5.56 Å². The maximum absolute atomic E-state index is 11.7. The van der Waals surface area contributed by atoms with E-state index >= 15 is 0 Å². The van der Waals surface area contributed by atoms with Gasteiger partial charge in [0.1, 0.15) is 0 Å². The molecule has 0 unspecified atom stereocenters. The number of nitrogens with two attached hydrogens (primary N) is 1. The van der Waals surface area contributed by atoms with Gasteiger partial charge in [0, 0.05) is 0 Å². The van der Waals surface area contributed by atoms with Crippen molar-refractivity contribution in [2.45, 2.75) is 11.8 Å². The molecule has 0 spiro atoms. The lowest BCUT2D eigenvalue weighted by molar-refractivity contribution is 0.426. The van der Waals surface area contributed by atoms with E-state index in [1.54, 1.807) is 0 Å². The van der Waals surface area contributed by atoms with Crippen LogP contribution in [0.2, 0.25) is 0 Å². The first-order valence-electron chi connectivity index (χ1n) is 5.40. The summed E-state index contributed by atoms with van der Waals surface area (Å²) in [4.78, 5) is 24.9. The number of benzene rings is 1. The molecule has 0 aliphatic heterocycles. The van der Waals surface area contributed by atoms with Crippen LogP contribution in [0.4, 0.5) is 0 Å². The smallest absolute Gasteiger partial charge is 0.335 e. The zero-order chi connectivity index (χ0) is 15.1. The van der Waals surface area contributed by atoms with E-state index in [0.717, 1.165) is 10.6 Å². The Morgan fingerprint density at radius 2 is 1.95 bits per heavy atom. The lowest BCUT2D eigenvalue weighted by atomic mass is 10.3. The monoisotopic (exact) mass is 297 g/mol. The molecular formula is C11H11N3O5S. The van der Waals surface area contributed by atoms with Gasteiger partial charge in [-0.1, -0.05) is 6.07 Å². The van der Waals surface area contributed by atoms with Gasteiger partial charge in [-0.3, -0.25) is 9.78 Å². The Kier molecular flexibility index (Phi) is 3.24. The van der Waals surface area contributed by atoms with Crippen LogP contribution in [-0.2, 0) is 10.0 Å². The SMILES string of the molecule is Cc1c(O)n(-c2cccc(S(N)(=O)=O)c2)c(=O)[nH]c1=O. The molecule has 0 radical (unpaired) electrons. The number of aromatic amines is 1. The molecule has 1 heterocycles. The fourth-order valence-electron chi connectivity index (χ4n) is 1.65. The van der Waals surface area contributed by atoms with E-state index in [1.165, 1.54) is 25.1 Å². The minimum Gasteiger partial charge on any atom is -0.494 e. The first-order chi connectivity index (χ1) is 9.21. The van der Waals surface area contributed by atoms with Crippen molar-refractivity contribution in [2.75, 3.05) is 0 Å². The van der Waals surface area contributed by atoms with Crippen molar-refractivity contribution < 1.29 is 13.5 Å². The van der Waals surface area contributed by atoms with Crippen LogP contribution >= 0.6 is 0 Å². The van der Waals surface area contributed by atoms with Gasteiger partial charge in [-0.05, 0) is 25.1 Å². The first-order valence-corrected chi connectivity index (χ1v) is 6.94. The highest BCUT2D eigenvalue weighted by molar-refractivity contribution is 7.89. The number of hydrogen-bond donors (Lipinski definition) is 3. The minimum absolute atomic E-state index is 0.0643. The highest BCUT2D eigenvalue weighted by Gasteiger charge is 2.14. The molecular weight excluding hydrogens is 286 g/mol. The van der Waals surface area contributed by atoms with Crippen LogP contribution in [0.3, 0.4) is 0 Å². The Hall–Kier alpha value is -2.39. The average molecular weight is 297 g/mol. The van der Waals surface area contributed by atoms with E-state index in [0.29, 0.717) is 0 Å². The number of aromatic hydroxyl groups is 1. The summed E-state index contributed by atoms with van der Waals surface area (Å²) in [5.74, 6) is -0.565. The molecule has 9 heteroatoms. The molecule has 1 aromatic heterocycles. The van der Waals surface area contributed by atoms with Crippen molar-refractivity contribution >= 4 is 10.0 Å². The van der Waals surface area contributed by atoms with Crippen molar-refractivity contribution in [2.24, 2.45) is 5.14 Å². The number of nitrogens with zero attached hydrogens (tertiary/aromatic N) is 1. The van der Waals surface area contributed by atoms with Crippen molar-refractivity contribution in [1.82, 2.24) is 9.55 Å². The van der Waals surface area contributed by atoms with E-state index < -0.39 is 27.2 Å². The summed E-state index contributed by atoms with van der Waals surface area (Å²) in [7, 11) is -3.95. The van der Waals surface area contributed by atoms with Gasteiger partial charge >= 0.3 is 5.69 Å². The van der Waals surface area contributed by atoms with Gasteiger partial charge in [-0.15, -0.1) is 0 Å². The second kappa shape index (κ2) is 4.62. The van der Waals surface area contributed by atoms with Gasteiger partial charge in [0.2, 0.25) is 15.9 Å². The van der Waals surface area contributed by atoms with Gasteiger partial charge in [-0.25, -0.2) is 22.9 Å². The summed E-state index contributed by atoms with van der Waals surface area (Å²) in [5, 5.41) is 14.9. The molecule has 4 N–H and O–H groups in total. The predicted octanol–water partition coefficient (Wildman–Crippen LogP) is -0.813. The predicted molar refractivity (Wildman–Crippen MR) is 70.4 cm³/mol. The number of sulfonamides is 1. The van der Waals surface area contributed by atoms with Gasteiger partial charge in [0.25, 0.3) is 5.56 Å². The Morgan fingerprint density at radius 3 is 2.55 bits per heavy atom. The number of aromatic nitrogens is 2. The summed E-state index contributed by atoms with van der Waals surface area (Å²) in [6, 6.07) is 5.13. The quantitative estimate of drug-likeness (QED) is 0.666. The van der Waals surface area contributed by atoms with Crippen molar-refractivity contribution in [3.05, 3.63) is 50.7 Å². The lowest BCUT2D eigenvalue weighted by Crippen LogP contribution is -2.30. The number of hydrogen-bond acceptors (Lipinski definition) is 5. The van der Waals surface area contributed by atoms with E-state index in [1.807, 2.05) is 4.98 Å². The van der Waals surface area contributed by atoms with Gasteiger partial charge < -0.3 is 5.11 Å². The zero-order valence-corrected chi connectivity index (χ0v) is 11.1. The lowest BCUT2D eigenvalue weighted by Gasteiger charge is -2.10. The van der Waals surface area contributed by atoms with Crippen LogP contribution < -0.4 is 16.4 Å². The third-order valence-electron chi connectivity index (χ3n) is 2.72. The summed E-state index contributed by atoms with van der Waals surface area (Å²) in [6.45, 7) is 1.33. The largest absolute Gasteiger partial charge is 0.494 e. The van der Waals surface area contributed by atoms with Crippen molar-refractivity contribution in [1.29, 1.82) is 0 Å². The zero-order valence-electron chi connectivity index (χ0n) is 10.3. The maximum atomic E-state index is 11.7. The molecule has 20 heavy (non-hydrogen) atoms. The fourth-order valence-corrected chi connectivity index (χ4v) is 2.20. The third kappa shape index (κ3) is 2.36. The molecule has 0 fully saturated rings. The van der Waals surface area contributed by atoms with Gasteiger partial charge in [0.15, 0.2) is 0 Å². The van der Waals surface area contributed by atoms with Crippen LogP contribution in [0.5, 0.6) is 5.88 Å². The molecule has 0 saturated heterocycles. The van der Waals surface area contributed by atoms with Gasteiger partial charge in [0.05, 0.1) is 16.1 Å². The number of rotatable bonds is 2. The maximum Gasteiger partial charge on any atom is 0.335 e. The fraction of sp³-hybridized carbons (Fsp3) is 0.0909. The van der Waals surface area contributed by atoms with Gasteiger partial charge in [-0.2, -0.15) is 0 Å². The molecule has 0 saturated carbocycles. The second-order valence-electron chi connectivity index (χ2n) is 4.09. The first kappa shape index (κ1) is 14.0. The molecule has 2 rings (SSSR count). The molecule has 0 atom stereocenters. The molecule has 0 aliphatic rings. The number of primary sulfonamides is 1. The number of H-pyrrole nitrogens is 1. The topological polar surface area (TPSA) is 135 Å². The summed E-state index contributed by atoms with van der Waals surface area (Å²) < 4.78 is 23.3. The third-order valence-corrected chi connectivity index (χ3v) is 3.63. The normalized spacial score (nSPS) is 11.5. The van der Waals surface area contributed by atoms with Crippen molar-refractivity contribution in [3.8, 4) is 11.6 Å². The molecule has 0 aliphatic carbocycles. The Labute approximate surface area is 113 Å². The Balaban J connectivity index is 2.80. The number of nitrogens with one attached hydrogen (secondary N) is 1. The van der Waals surface area contributed by atoms with Crippen LogP contribution in [0, 0.1) is 6.92 Å².